The van der Waals surface area contributed by atoms with Gasteiger partial charge in [-0.3, -0.25) is 0 Å². The number of carbonyl (C=O) groups is 2. The van der Waals surface area contributed by atoms with Gasteiger partial charge in [0.05, 0.1) is 0 Å². The number of hydrogen-bond acceptors (Lipinski definition) is 5. The molecule has 0 heterocycles. The molecule has 6 heteroatoms. The Morgan fingerprint density at radius 2 is 1.55 bits per heavy atom. The van der Waals surface area contributed by atoms with Gasteiger partial charge < -0.3 is 9.47 Å². The highest BCUT2D eigenvalue weighted by Crippen LogP contribution is 2.44. The molecule has 1 fully saturated rings. The third-order valence-corrected chi connectivity index (χ3v) is 3.19. The summed E-state index contributed by atoms with van der Waals surface area (Å²) in [5.41, 5.74) is 0.901. The van der Waals surface area contributed by atoms with Crippen LogP contribution >= 0.6 is 0 Å². The van der Waals surface area contributed by atoms with Gasteiger partial charge in [-0.05, 0) is 39.2 Å². The third kappa shape index (κ3) is 3.37. The van der Waals surface area contributed by atoms with Gasteiger partial charge in [-0.15, -0.1) is 0 Å². The van der Waals surface area contributed by atoms with Crippen LogP contribution in [-0.4, -0.2) is 35.0 Å². The Morgan fingerprint density at radius 3 is 1.80 bits per heavy atom. The van der Waals surface area contributed by atoms with Crippen LogP contribution in [0.15, 0.2) is 12.2 Å². The summed E-state index contributed by atoms with van der Waals surface area (Å²) in [5, 5.41) is 0. The molecule has 0 aromatic heterocycles. The Hall–Kier alpha value is -1.40. The van der Waals surface area contributed by atoms with E-state index < -0.39 is 16.8 Å². The van der Waals surface area contributed by atoms with Crippen molar-refractivity contribution in [1.29, 1.82) is 0 Å². The van der Waals surface area contributed by atoms with E-state index in [-0.39, 0.29) is 24.2 Å². The van der Waals surface area contributed by atoms with E-state index in [0.29, 0.717) is 6.42 Å². The van der Waals surface area contributed by atoms with Gasteiger partial charge >= 0.3 is 12.2 Å². The Kier molecular flexibility index (Phi) is 4.94. The van der Waals surface area contributed by atoms with E-state index in [2.05, 4.69) is 6.58 Å². The van der Waals surface area contributed by atoms with E-state index in [0.717, 1.165) is 5.57 Å². The van der Waals surface area contributed by atoms with Gasteiger partial charge in [-0.25, -0.2) is 0 Å². The first-order valence-electron chi connectivity index (χ1n) is 6.85. The second-order valence-corrected chi connectivity index (χ2v) is 5.90. The molecule has 2 amide bonds. The second-order valence-electron chi connectivity index (χ2n) is 5.90. The number of quaternary nitrogens is 1. The molecule has 2 atom stereocenters. The highest BCUT2D eigenvalue weighted by molar-refractivity contribution is 5.76. The SMILES string of the molecule is C=C(C)C1CC1[N+](N)(C(=O)OC(C)C)C(=O)OC(C)C. The standard InChI is InChI=1S/C14H25N2O4/c1-8(2)11-7-12(11)16(15,13(17)19-9(3)4)14(18)20-10(5)6/h9-12H,1,7,15H2,2-6H3/q+1. The second kappa shape index (κ2) is 5.93. The maximum absolute atomic E-state index is 12.2. The molecule has 6 nitrogen and oxygen atoms in total. The summed E-state index contributed by atoms with van der Waals surface area (Å²) in [5.74, 6) is 6.10. The molecule has 1 aliphatic rings. The molecule has 0 aromatic rings. The zero-order valence-corrected chi connectivity index (χ0v) is 12.9. The zero-order valence-electron chi connectivity index (χ0n) is 12.9. The highest BCUT2D eigenvalue weighted by atomic mass is 16.6. The van der Waals surface area contributed by atoms with Gasteiger partial charge in [0, 0.05) is 12.3 Å². The molecule has 1 rings (SSSR count). The van der Waals surface area contributed by atoms with Gasteiger partial charge in [0.2, 0.25) is 0 Å². The van der Waals surface area contributed by atoms with Crippen LogP contribution in [0.1, 0.15) is 41.0 Å². The van der Waals surface area contributed by atoms with Crippen LogP contribution in [0.4, 0.5) is 9.59 Å². The molecule has 0 radical (unpaired) electrons. The Bertz CT molecular complexity index is 395. The van der Waals surface area contributed by atoms with Crippen molar-refractivity contribution in [3.05, 3.63) is 12.2 Å². The smallest absolute Gasteiger partial charge is 0.415 e. The molecule has 2 N–H and O–H groups in total. The van der Waals surface area contributed by atoms with Crippen LogP contribution in [0.3, 0.4) is 0 Å². The van der Waals surface area contributed by atoms with Crippen LogP contribution in [0, 0.1) is 5.92 Å². The molecule has 0 aromatic carbocycles. The topological polar surface area (TPSA) is 78.6 Å². The number of carbonyl (C=O) groups excluding carboxylic acids is 2. The lowest BCUT2D eigenvalue weighted by molar-refractivity contribution is -0.811. The lowest BCUT2D eigenvalue weighted by Gasteiger charge is -2.27. The first-order valence-corrected chi connectivity index (χ1v) is 6.85. The van der Waals surface area contributed by atoms with Gasteiger partial charge in [0.1, 0.15) is 18.2 Å². The summed E-state index contributed by atoms with van der Waals surface area (Å²) in [6.07, 6.45) is -1.62. The monoisotopic (exact) mass is 285 g/mol. The van der Waals surface area contributed by atoms with Crippen LogP contribution in [0.2, 0.25) is 0 Å². The fourth-order valence-corrected chi connectivity index (χ4v) is 2.08. The number of hydrogen-bond donors (Lipinski definition) is 1. The zero-order chi connectivity index (χ0) is 15.7. The average molecular weight is 285 g/mol. The molecular weight excluding hydrogens is 260 g/mol. The van der Waals surface area contributed by atoms with Crippen LogP contribution < -0.4 is 5.84 Å². The summed E-state index contributed by atoms with van der Waals surface area (Å²) in [6.45, 7) is 12.5. The predicted molar refractivity (Wildman–Crippen MR) is 74.4 cm³/mol. The maximum atomic E-state index is 12.2. The average Bonchev–Trinajstić information content (AvgIpc) is 3.05. The van der Waals surface area contributed by atoms with Gasteiger partial charge in [-0.1, -0.05) is 12.2 Å². The number of imide groups is 1. The van der Waals surface area contributed by atoms with Crippen molar-refractivity contribution in [3.8, 4) is 0 Å². The van der Waals surface area contributed by atoms with E-state index in [1.165, 1.54) is 0 Å². The molecular formula is C14H25N2O4+. The molecule has 1 aliphatic carbocycles. The van der Waals surface area contributed by atoms with Crippen molar-refractivity contribution in [2.45, 2.75) is 59.3 Å². The first kappa shape index (κ1) is 16.7. The van der Waals surface area contributed by atoms with E-state index in [9.17, 15) is 9.59 Å². The summed E-state index contributed by atoms with van der Waals surface area (Å²) in [4.78, 5) is 24.5. The lowest BCUT2D eigenvalue weighted by Crippen LogP contribution is -2.65. The van der Waals surface area contributed by atoms with Crippen LogP contribution in [0.5, 0.6) is 0 Å². The number of nitrogens with two attached hydrogens (primary N) is 1. The highest BCUT2D eigenvalue weighted by Gasteiger charge is 2.64. The Balaban J connectivity index is 2.98. The Labute approximate surface area is 120 Å². The number of amides is 2. The van der Waals surface area contributed by atoms with E-state index >= 15 is 0 Å². The fraction of sp³-hybridized carbons (Fsp3) is 0.714. The first-order chi connectivity index (χ1) is 9.10. The van der Waals surface area contributed by atoms with E-state index in [1.54, 1.807) is 27.7 Å². The van der Waals surface area contributed by atoms with Crippen molar-refractivity contribution in [1.82, 2.24) is 0 Å². The summed E-state index contributed by atoms with van der Waals surface area (Å²) in [6, 6.07) is -0.356. The minimum absolute atomic E-state index is 0.0411. The Morgan fingerprint density at radius 1 is 1.15 bits per heavy atom. The predicted octanol–water partition coefficient (Wildman–Crippen LogP) is 2.73. The maximum Gasteiger partial charge on any atom is 0.547 e. The minimum atomic E-state index is -0.964. The molecule has 0 aliphatic heterocycles. The normalized spacial score (nSPS) is 21.8. The van der Waals surface area contributed by atoms with E-state index in [4.69, 9.17) is 15.3 Å². The fourth-order valence-electron chi connectivity index (χ4n) is 2.08. The molecule has 1 saturated carbocycles. The molecule has 20 heavy (non-hydrogen) atoms. The molecule has 0 saturated heterocycles. The number of nitrogens with zero attached hydrogens (tertiary/aromatic N) is 1. The van der Waals surface area contributed by atoms with Gasteiger partial charge in [0.15, 0.2) is 0 Å². The van der Waals surface area contributed by atoms with Crippen molar-refractivity contribution < 1.29 is 23.7 Å². The largest absolute Gasteiger partial charge is 0.547 e. The summed E-state index contributed by atoms with van der Waals surface area (Å²) >= 11 is 0. The molecule has 0 bridgehead atoms. The summed E-state index contributed by atoms with van der Waals surface area (Å²) in [7, 11) is 0. The van der Waals surface area contributed by atoms with Crippen molar-refractivity contribution >= 4 is 12.2 Å². The van der Waals surface area contributed by atoms with Crippen molar-refractivity contribution in [3.63, 3.8) is 0 Å². The van der Waals surface area contributed by atoms with Gasteiger partial charge in [0.25, 0.3) is 0 Å². The van der Waals surface area contributed by atoms with Crippen molar-refractivity contribution in [2.75, 3.05) is 0 Å². The molecule has 114 valence electrons. The number of rotatable bonds is 4. The minimum Gasteiger partial charge on any atom is -0.415 e. The summed E-state index contributed by atoms with van der Waals surface area (Å²) < 4.78 is 9.29. The lowest BCUT2D eigenvalue weighted by atomic mass is 10.2. The molecule has 2 unspecified atom stereocenters. The van der Waals surface area contributed by atoms with E-state index in [1.807, 2.05) is 6.92 Å². The van der Waals surface area contributed by atoms with Crippen LogP contribution in [-0.2, 0) is 9.47 Å². The van der Waals surface area contributed by atoms with Gasteiger partial charge in [-0.2, -0.15) is 15.4 Å². The van der Waals surface area contributed by atoms with Crippen LogP contribution in [0.25, 0.3) is 0 Å². The van der Waals surface area contributed by atoms with Crippen molar-refractivity contribution in [2.24, 2.45) is 11.8 Å². The quantitative estimate of drug-likeness (QED) is 0.282. The number of ether oxygens (including phenoxy) is 2. The third-order valence-electron chi connectivity index (χ3n) is 3.19. The molecule has 0 spiro atoms.